The summed E-state index contributed by atoms with van der Waals surface area (Å²) in [6.07, 6.45) is -0.211. The number of carbonyl (C=O) groups is 2. The van der Waals surface area contributed by atoms with Crippen molar-refractivity contribution in [3.8, 4) is 0 Å². The average Bonchev–Trinajstić information content (AvgIpc) is 3.47. The molecule has 5 fully saturated rings. The van der Waals surface area contributed by atoms with Gasteiger partial charge in [0.1, 0.15) is 11.7 Å². The van der Waals surface area contributed by atoms with Gasteiger partial charge in [0.25, 0.3) is 0 Å². The third-order valence-electron chi connectivity index (χ3n) is 8.85. The number of piperidine rings is 2. The Labute approximate surface area is 231 Å². The lowest BCUT2D eigenvalue weighted by Crippen LogP contribution is -2.61. The molecule has 11 unspecified atom stereocenters. The Morgan fingerprint density at radius 2 is 1.92 bits per heavy atom. The zero-order valence-electron chi connectivity index (χ0n) is 21.8. The van der Waals surface area contributed by atoms with Crippen molar-refractivity contribution in [2.24, 2.45) is 23.7 Å². The van der Waals surface area contributed by atoms with Crippen LogP contribution in [0.3, 0.4) is 0 Å². The molecule has 0 aromatic carbocycles. The van der Waals surface area contributed by atoms with Gasteiger partial charge in [-0.3, -0.25) is 14.9 Å². The third kappa shape index (κ3) is 6.24. The second-order valence-corrected chi connectivity index (χ2v) is 13.2. The number of methoxy groups -OCH3 is 1. The minimum atomic E-state index is -2.35. The molecule has 216 valence electrons. The number of nitrogens with one attached hydrogen (secondary N) is 6. The number of thioether (sulfide) groups is 1. The van der Waals surface area contributed by atoms with Crippen LogP contribution in [0.15, 0.2) is 0 Å². The average molecular weight is 580 g/mol. The fourth-order valence-corrected chi connectivity index (χ4v) is 8.40. The van der Waals surface area contributed by atoms with Crippen molar-refractivity contribution in [2.75, 3.05) is 33.3 Å². The number of nitrogens with zero attached hydrogens (tertiary/aromatic N) is 1. The smallest absolute Gasteiger partial charge is 0.242 e. The van der Waals surface area contributed by atoms with E-state index in [1.165, 1.54) is 0 Å². The van der Waals surface area contributed by atoms with Gasteiger partial charge in [0.15, 0.2) is 0 Å². The number of likely N-dealkylation sites (tertiary alicyclic amines) is 1. The number of hydrazine groups is 1. The van der Waals surface area contributed by atoms with E-state index >= 15 is 0 Å². The van der Waals surface area contributed by atoms with Gasteiger partial charge in [-0.1, -0.05) is 0 Å². The van der Waals surface area contributed by atoms with Crippen LogP contribution in [0.25, 0.3) is 0 Å². The van der Waals surface area contributed by atoms with Crippen LogP contribution >= 0.6 is 23.4 Å². The Morgan fingerprint density at radius 3 is 2.61 bits per heavy atom. The quantitative estimate of drug-likeness (QED) is 0.194. The van der Waals surface area contributed by atoms with E-state index in [0.717, 1.165) is 6.42 Å². The Morgan fingerprint density at radius 1 is 1.11 bits per heavy atom. The molecule has 5 rings (SSSR count). The molecule has 5 heterocycles. The zero-order valence-corrected chi connectivity index (χ0v) is 23.4. The molecule has 10 nitrogen and oxygen atoms in total. The van der Waals surface area contributed by atoms with Crippen molar-refractivity contribution in [3.05, 3.63) is 0 Å². The largest absolute Gasteiger partial charge is 0.365 e. The number of hydrogen-bond donors (Lipinski definition) is 6. The third-order valence-corrected chi connectivity index (χ3v) is 10.5. The Bertz CT molecular complexity index is 844. The molecule has 5 aliphatic heterocycles. The van der Waals surface area contributed by atoms with E-state index in [-0.39, 0.29) is 64.6 Å². The lowest BCUT2D eigenvalue weighted by atomic mass is 9.72. The maximum absolute atomic E-state index is 13.5. The maximum Gasteiger partial charge on any atom is 0.242 e. The molecule has 0 aliphatic carbocycles. The molecular weight excluding hydrogens is 540 g/mol. The second-order valence-electron chi connectivity index (χ2n) is 11.3. The van der Waals surface area contributed by atoms with Crippen molar-refractivity contribution in [1.82, 2.24) is 37.0 Å². The topological polar surface area (TPSA) is 119 Å². The number of carbonyl (C=O) groups excluding carboxylic acids is 2. The van der Waals surface area contributed by atoms with Gasteiger partial charge in [-0.15, -0.1) is 23.4 Å². The van der Waals surface area contributed by atoms with Crippen LogP contribution in [0.2, 0.25) is 0 Å². The van der Waals surface area contributed by atoms with Gasteiger partial charge < -0.3 is 25.6 Å². The summed E-state index contributed by atoms with van der Waals surface area (Å²) in [7, 11) is 1.66. The molecule has 0 spiro atoms. The minimum absolute atomic E-state index is 0.00630. The summed E-state index contributed by atoms with van der Waals surface area (Å²) in [6.45, 7) is 4.05. The number of fused-ring (bicyclic) bond motifs is 1. The van der Waals surface area contributed by atoms with Crippen LogP contribution < -0.4 is 32.1 Å². The minimum Gasteiger partial charge on any atom is -0.365 e. The van der Waals surface area contributed by atoms with Crippen molar-refractivity contribution >= 4 is 35.2 Å². The van der Waals surface area contributed by atoms with Gasteiger partial charge in [-0.05, 0) is 38.5 Å². The Kier molecular flexibility index (Phi) is 9.35. The van der Waals surface area contributed by atoms with E-state index in [0.29, 0.717) is 44.9 Å². The molecule has 0 aromatic heterocycles. The molecule has 0 saturated carbocycles. The molecule has 0 bridgehead atoms. The van der Waals surface area contributed by atoms with Crippen LogP contribution in [0.1, 0.15) is 32.6 Å². The zero-order chi connectivity index (χ0) is 27.0. The van der Waals surface area contributed by atoms with Crippen molar-refractivity contribution < 1.29 is 23.1 Å². The van der Waals surface area contributed by atoms with Gasteiger partial charge >= 0.3 is 0 Å². The molecular formula is C24H40ClF2N7O3S. The Balaban J connectivity index is 1.13. The van der Waals surface area contributed by atoms with Crippen molar-refractivity contribution in [3.63, 3.8) is 0 Å². The van der Waals surface area contributed by atoms with Gasteiger partial charge in [0.05, 0.1) is 17.5 Å². The van der Waals surface area contributed by atoms with E-state index in [2.05, 4.69) is 39.0 Å². The normalized spacial score (nSPS) is 43.7. The van der Waals surface area contributed by atoms with Gasteiger partial charge in [0, 0.05) is 62.5 Å². The van der Waals surface area contributed by atoms with E-state index in [9.17, 15) is 18.4 Å². The Hall–Kier alpha value is -0.800. The van der Waals surface area contributed by atoms with Crippen molar-refractivity contribution in [2.45, 2.75) is 79.6 Å². The van der Waals surface area contributed by atoms with Crippen molar-refractivity contribution in [1.29, 1.82) is 0 Å². The first-order valence-electron chi connectivity index (χ1n) is 13.7. The lowest BCUT2D eigenvalue weighted by molar-refractivity contribution is -0.134. The summed E-state index contributed by atoms with van der Waals surface area (Å²) in [5, 5.41) is 13.3. The van der Waals surface area contributed by atoms with E-state index < -0.39 is 18.4 Å². The molecule has 6 N–H and O–H groups in total. The number of hydrogen-bond acceptors (Lipinski definition) is 9. The highest BCUT2D eigenvalue weighted by atomic mass is 35.5. The highest BCUT2D eigenvalue weighted by molar-refractivity contribution is 8.00. The molecule has 0 radical (unpaired) electrons. The lowest BCUT2D eigenvalue weighted by Gasteiger charge is -2.45. The van der Waals surface area contributed by atoms with Crippen LogP contribution in [0.5, 0.6) is 0 Å². The summed E-state index contributed by atoms with van der Waals surface area (Å²) < 4.78 is 31.5. The molecule has 5 aliphatic rings. The van der Waals surface area contributed by atoms with E-state index in [1.54, 1.807) is 18.9 Å². The summed E-state index contributed by atoms with van der Waals surface area (Å²) >= 11 is 8.03. The number of halogens is 3. The molecule has 5 saturated heterocycles. The standard InChI is InChI=1S/C24H40ClF2N7O3S/c1-11-5-13(14-6-19(25)32-33-22(14)37-2)15(8-28-11)21(35)31-24-30-17-9-34(10-18(17)38-24)23(36)16-4-3-12(7-29-16)20(26)27/h11-20,22,24,28-30,32-33H,3-10H2,1-2H3,(H,31,35). The summed E-state index contributed by atoms with van der Waals surface area (Å²) in [6, 6.07) is -0.0159. The monoisotopic (exact) mass is 579 g/mol. The maximum atomic E-state index is 13.5. The van der Waals surface area contributed by atoms with Gasteiger partial charge in [0.2, 0.25) is 18.2 Å². The fraction of sp³-hybridized carbons (Fsp3) is 0.917. The first-order valence-corrected chi connectivity index (χ1v) is 15.0. The predicted molar refractivity (Wildman–Crippen MR) is 141 cm³/mol. The van der Waals surface area contributed by atoms with Crippen LogP contribution in [0, 0.1) is 23.7 Å². The summed E-state index contributed by atoms with van der Waals surface area (Å²) in [5.74, 6) is -0.695. The predicted octanol–water partition coefficient (Wildman–Crippen LogP) is 0.201. The molecule has 0 aromatic rings. The van der Waals surface area contributed by atoms with E-state index in [4.69, 9.17) is 16.3 Å². The second kappa shape index (κ2) is 12.4. The number of ether oxygens (including phenoxy) is 1. The highest BCUT2D eigenvalue weighted by Crippen LogP contribution is 2.38. The first-order chi connectivity index (χ1) is 18.2. The van der Waals surface area contributed by atoms with Gasteiger partial charge in [-0.25, -0.2) is 19.6 Å². The molecule has 14 heteroatoms. The summed E-state index contributed by atoms with van der Waals surface area (Å²) in [4.78, 5) is 28.3. The van der Waals surface area contributed by atoms with Crippen LogP contribution in [-0.2, 0) is 14.3 Å². The number of rotatable bonds is 6. The number of amides is 2. The molecule has 11 atom stereocenters. The SMILES string of the molecule is COC1NNC(Cl)CC1C1CC(C)NCC1C(=O)NC1NC2CN(C(=O)C3CCC(C(F)F)CN3)CC2S1. The molecule has 38 heavy (non-hydrogen) atoms. The number of alkyl halides is 3. The summed E-state index contributed by atoms with van der Waals surface area (Å²) in [5.41, 5.74) is 5.72. The first kappa shape index (κ1) is 28.7. The van der Waals surface area contributed by atoms with E-state index in [1.807, 2.05) is 4.90 Å². The van der Waals surface area contributed by atoms with Crippen LogP contribution in [0.4, 0.5) is 8.78 Å². The van der Waals surface area contributed by atoms with Gasteiger partial charge in [-0.2, -0.15) is 0 Å². The molecule has 2 amide bonds. The van der Waals surface area contributed by atoms with Crippen LogP contribution in [-0.4, -0.2) is 97.0 Å². The fourth-order valence-electron chi connectivity index (χ4n) is 6.73. The highest BCUT2D eigenvalue weighted by Gasteiger charge is 2.47.